The van der Waals surface area contributed by atoms with Crippen LogP contribution in [0.5, 0.6) is 5.75 Å². The van der Waals surface area contributed by atoms with Crippen LogP contribution in [-0.2, 0) is 4.79 Å². The molecule has 0 fully saturated rings. The molecular weight excluding hydrogens is 372 g/mol. The zero-order chi connectivity index (χ0) is 14.5. The van der Waals surface area contributed by atoms with Crippen LogP contribution in [0.15, 0.2) is 48.5 Å². The van der Waals surface area contributed by atoms with E-state index in [1.807, 2.05) is 18.2 Å². The second kappa shape index (κ2) is 6.69. The lowest BCUT2D eigenvalue weighted by Gasteiger charge is -2.15. The molecule has 1 N–H and O–H groups in total. The highest BCUT2D eigenvalue weighted by Gasteiger charge is 2.16. The van der Waals surface area contributed by atoms with Gasteiger partial charge in [-0.3, -0.25) is 4.79 Å². The second-order valence-corrected chi connectivity index (χ2v) is 5.44. The maximum absolute atomic E-state index is 13.4. The van der Waals surface area contributed by atoms with Crippen molar-refractivity contribution < 1.29 is 13.9 Å². The largest absolute Gasteiger partial charge is 0.478 e. The van der Waals surface area contributed by atoms with Crippen molar-refractivity contribution in [2.75, 3.05) is 5.32 Å². The molecule has 0 saturated carbocycles. The van der Waals surface area contributed by atoms with Gasteiger partial charge in [0.15, 0.2) is 17.7 Å². The number of amides is 1. The van der Waals surface area contributed by atoms with E-state index < -0.39 is 11.9 Å². The Morgan fingerprint density at radius 2 is 2.00 bits per heavy atom. The fourth-order valence-electron chi connectivity index (χ4n) is 1.59. The molecule has 3 nitrogen and oxygen atoms in total. The van der Waals surface area contributed by atoms with Gasteiger partial charge < -0.3 is 10.1 Å². The van der Waals surface area contributed by atoms with Crippen LogP contribution in [0.4, 0.5) is 10.1 Å². The molecule has 0 spiro atoms. The molecule has 5 heteroatoms. The Morgan fingerprint density at radius 1 is 1.25 bits per heavy atom. The maximum Gasteiger partial charge on any atom is 0.265 e. The van der Waals surface area contributed by atoms with Gasteiger partial charge in [0.1, 0.15) is 0 Å². The number of ether oxygens (including phenoxy) is 1. The summed E-state index contributed by atoms with van der Waals surface area (Å²) in [5.41, 5.74) is 0.686. The van der Waals surface area contributed by atoms with E-state index in [2.05, 4.69) is 27.9 Å². The van der Waals surface area contributed by atoms with Crippen molar-refractivity contribution in [2.24, 2.45) is 0 Å². The molecule has 0 heterocycles. The number of carbonyl (C=O) groups excluding carboxylic acids is 1. The van der Waals surface area contributed by atoms with Gasteiger partial charge in [-0.1, -0.05) is 18.2 Å². The standard InChI is InChI=1S/C15H13FINO2/c1-10(20-14-8-3-2-7-13(14)16)15(19)18-12-6-4-5-11(17)9-12/h2-10H,1H3,(H,18,19)/t10-/m0/s1. The van der Waals surface area contributed by atoms with Gasteiger partial charge in [0.05, 0.1) is 0 Å². The monoisotopic (exact) mass is 385 g/mol. The molecule has 1 amide bonds. The van der Waals surface area contributed by atoms with Crippen molar-refractivity contribution in [1.29, 1.82) is 0 Å². The summed E-state index contributed by atoms with van der Waals surface area (Å²) in [5.74, 6) is -0.741. The molecule has 1 atom stereocenters. The third-order valence-corrected chi connectivity index (χ3v) is 3.27. The number of para-hydroxylation sites is 1. The van der Waals surface area contributed by atoms with Crippen LogP contribution in [-0.4, -0.2) is 12.0 Å². The number of carbonyl (C=O) groups is 1. The van der Waals surface area contributed by atoms with Crippen molar-refractivity contribution in [3.05, 3.63) is 57.9 Å². The van der Waals surface area contributed by atoms with Gasteiger partial charge in [0.2, 0.25) is 0 Å². The van der Waals surface area contributed by atoms with Crippen molar-refractivity contribution in [2.45, 2.75) is 13.0 Å². The number of hydrogen-bond donors (Lipinski definition) is 1. The van der Waals surface area contributed by atoms with Gasteiger partial charge >= 0.3 is 0 Å². The topological polar surface area (TPSA) is 38.3 Å². The lowest BCUT2D eigenvalue weighted by molar-refractivity contribution is -0.122. The summed E-state index contributed by atoms with van der Waals surface area (Å²) in [6.07, 6.45) is -0.787. The van der Waals surface area contributed by atoms with Gasteiger partial charge in [-0.05, 0) is 59.8 Å². The Hall–Kier alpha value is -1.63. The molecule has 20 heavy (non-hydrogen) atoms. The SMILES string of the molecule is C[C@H](Oc1ccccc1F)C(=O)Nc1cccc(I)c1. The minimum Gasteiger partial charge on any atom is -0.478 e. The summed E-state index contributed by atoms with van der Waals surface area (Å²) in [4.78, 5) is 12.0. The van der Waals surface area contributed by atoms with E-state index in [-0.39, 0.29) is 11.7 Å². The first-order valence-corrected chi connectivity index (χ1v) is 7.12. The third-order valence-electron chi connectivity index (χ3n) is 2.60. The van der Waals surface area contributed by atoms with Crippen LogP contribution < -0.4 is 10.1 Å². The average molecular weight is 385 g/mol. The fraction of sp³-hybridized carbons (Fsp3) is 0.133. The first-order chi connectivity index (χ1) is 9.56. The number of benzene rings is 2. The molecular formula is C15H13FINO2. The van der Waals surface area contributed by atoms with E-state index >= 15 is 0 Å². The van der Waals surface area contributed by atoms with Crippen LogP contribution in [0, 0.1) is 9.39 Å². The smallest absolute Gasteiger partial charge is 0.265 e. The highest BCUT2D eigenvalue weighted by molar-refractivity contribution is 14.1. The highest BCUT2D eigenvalue weighted by Crippen LogP contribution is 2.18. The molecule has 104 valence electrons. The molecule has 0 radical (unpaired) electrons. The van der Waals surface area contributed by atoms with E-state index in [0.717, 1.165) is 3.57 Å². The number of nitrogens with one attached hydrogen (secondary N) is 1. The summed E-state index contributed by atoms with van der Waals surface area (Å²) in [7, 11) is 0. The van der Waals surface area contributed by atoms with Crippen LogP contribution in [0.1, 0.15) is 6.92 Å². The molecule has 0 aliphatic rings. The Morgan fingerprint density at radius 3 is 2.70 bits per heavy atom. The van der Waals surface area contributed by atoms with E-state index in [1.54, 1.807) is 25.1 Å². The maximum atomic E-state index is 13.4. The van der Waals surface area contributed by atoms with Crippen LogP contribution in [0.3, 0.4) is 0 Å². The van der Waals surface area contributed by atoms with Crippen molar-refractivity contribution >= 4 is 34.2 Å². The fourth-order valence-corrected chi connectivity index (χ4v) is 2.14. The predicted octanol–water partition coefficient (Wildman–Crippen LogP) is 3.84. The molecule has 0 aliphatic carbocycles. The first kappa shape index (κ1) is 14.8. The molecule has 2 aromatic carbocycles. The molecule has 2 rings (SSSR count). The van der Waals surface area contributed by atoms with Crippen LogP contribution >= 0.6 is 22.6 Å². The second-order valence-electron chi connectivity index (χ2n) is 4.19. The normalized spacial score (nSPS) is 11.8. The van der Waals surface area contributed by atoms with Gasteiger partial charge in [-0.25, -0.2) is 4.39 Å². The Balaban J connectivity index is 2.01. The summed E-state index contributed by atoms with van der Waals surface area (Å²) in [6.45, 7) is 1.58. The van der Waals surface area contributed by atoms with Crippen molar-refractivity contribution in [1.82, 2.24) is 0 Å². The van der Waals surface area contributed by atoms with Crippen LogP contribution in [0.2, 0.25) is 0 Å². The third kappa shape index (κ3) is 3.93. The predicted molar refractivity (Wildman–Crippen MR) is 84.3 cm³/mol. The zero-order valence-electron chi connectivity index (χ0n) is 10.8. The summed E-state index contributed by atoms with van der Waals surface area (Å²) >= 11 is 2.16. The Labute approximate surface area is 130 Å². The molecule has 0 saturated heterocycles. The lowest BCUT2D eigenvalue weighted by atomic mass is 10.3. The Kier molecular flexibility index (Phi) is 4.94. The molecule has 2 aromatic rings. The van der Waals surface area contributed by atoms with Crippen molar-refractivity contribution in [3.63, 3.8) is 0 Å². The number of anilines is 1. The number of hydrogen-bond acceptors (Lipinski definition) is 2. The first-order valence-electron chi connectivity index (χ1n) is 6.04. The van der Waals surface area contributed by atoms with Crippen LogP contribution in [0.25, 0.3) is 0 Å². The zero-order valence-corrected chi connectivity index (χ0v) is 12.9. The molecule has 0 aliphatic heterocycles. The van der Waals surface area contributed by atoms with Gasteiger partial charge in [0, 0.05) is 9.26 Å². The van der Waals surface area contributed by atoms with E-state index in [0.29, 0.717) is 5.69 Å². The van der Waals surface area contributed by atoms with Crippen molar-refractivity contribution in [3.8, 4) is 5.75 Å². The number of rotatable bonds is 4. The number of halogens is 2. The van der Waals surface area contributed by atoms with E-state index in [9.17, 15) is 9.18 Å². The quantitative estimate of drug-likeness (QED) is 0.813. The Bertz CT molecular complexity index is 618. The average Bonchev–Trinajstić information content (AvgIpc) is 2.41. The minimum absolute atomic E-state index is 0.0674. The summed E-state index contributed by atoms with van der Waals surface area (Å²) < 4.78 is 19.8. The van der Waals surface area contributed by atoms with Gasteiger partial charge in [-0.15, -0.1) is 0 Å². The van der Waals surface area contributed by atoms with Gasteiger partial charge in [0.25, 0.3) is 5.91 Å². The summed E-state index contributed by atoms with van der Waals surface area (Å²) in [6, 6.07) is 13.4. The molecule has 0 bridgehead atoms. The van der Waals surface area contributed by atoms with E-state index in [4.69, 9.17) is 4.74 Å². The van der Waals surface area contributed by atoms with E-state index in [1.165, 1.54) is 12.1 Å². The highest BCUT2D eigenvalue weighted by atomic mass is 127. The van der Waals surface area contributed by atoms with Gasteiger partial charge in [-0.2, -0.15) is 0 Å². The summed E-state index contributed by atoms with van der Waals surface area (Å²) in [5, 5.41) is 2.73. The minimum atomic E-state index is -0.787. The molecule has 0 unspecified atom stereocenters. The molecule has 0 aromatic heterocycles. The lowest BCUT2D eigenvalue weighted by Crippen LogP contribution is -2.30.